The number of likely N-dealkylation sites (tertiary alicyclic amines) is 2. The van der Waals surface area contributed by atoms with Crippen LogP contribution in [0.25, 0.3) is 0 Å². The molecule has 2 aromatic carbocycles. The fourth-order valence-electron chi connectivity index (χ4n) is 4.78. The summed E-state index contributed by atoms with van der Waals surface area (Å²) in [6.07, 6.45) is 1.28. The van der Waals surface area contributed by atoms with E-state index in [1.165, 1.54) is 0 Å². The van der Waals surface area contributed by atoms with Crippen LogP contribution >= 0.6 is 34.8 Å². The molecule has 0 aromatic heterocycles. The molecule has 10 heteroatoms. The Morgan fingerprint density at radius 1 is 0.886 bits per heavy atom. The highest BCUT2D eigenvalue weighted by atomic mass is 35.5. The van der Waals surface area contributed by atoms with E-state index in [-0.39, 0.29) is 35.7 Å². The van der Waals surface area contributed by atoms with E-state index in [9.17, 15) is 14.4 Å². The van der Waals surface area contributed by atoms with E-state index >= 15 is 0 Å². The third kappa shape index (κ3) is 6.21. The topological polar surface area (TPSA) is 81.8 Å². The molecule has 0 radical (unpaired) electrons. The van der Waals surface area contributed by atoms with Crippen molar-refractivity contribution in [3.8, 4) is 0 Å². The Hall–Kier alpha value is -2.48. The Bertz CT molecular complexity index is 1100. The number of hydrogen-bond acceptors (Lipinski definition) is 3. The number of halogens is 3. The number of nitrogens with zero attached hydrogens (tertiary/aromatic N) is 2. The first-order valence-corrected chi connectivity index (χ1v) is 12.7. The van der Waals surface area contributed by atoms with Crippen molar-refractivity contribution in [3.05, 3.63) is 63.1 Å². The van der Waals surface area contributed by atoms with Crippen LogP contribution in [0.3, 0.4) is 0 Å². The minimum Gasteiger partial charge on any atom is -0.343 e. The SMILES string of the molecule is CC(=O)N1CCC(C(=O)N2CC(NC(=O)Nc3ccc(Cl)cc3)C(c3ccc(Cl)c(Cl)c3)C2)CC1. The van der Waals surface area contributed by atoms with Gasteiger partial charge < -0.3 is 20.4 Å². The molecule has 2 aliphatic rings. The second-order valence-corrected chi connectivity index (χ2v) is 10.3. The molecule has 2 aromatic rings. The predicted octanol–water partition coefficient (Wildman–Crippen LogP) is 5.02. The molecule has 2 unspecified atom stereocenters. The maximum absolute atomic E-state index is 13.4. The van der Waals surface area contributed by atoms with Gasteiger partial charge in [0.2, 0.25) is 11.8 Å². The standard InChI is InChI=1S/C25H27Cl3N4O3/c1-15(33)31-10-8-16(9-11-31)24(34)32-13-20(17-2-7-21(27)22(28)12-17)23(14-32)30-25(35)29-19-5-3-18(26)4-6-19/h2-7,12,16,20,23H,8-11,13-14H2,1H3,(H2,29,30,35). The van der Waals surface area contributed by atoms with Gasteiger partial charge in [-0.2, -0.15) is 0 Å². The number of anilines is 1. The molecule has 2 atom stereocenters. The molecule has 35 heavy (non-hydrogen) atoms. The van der Waals surface area contributed by atoms with Crippen LogP contribution in [0.1, 0.15) is 31.2 Å². The summed E-state index contributed by atoms with van der Waals surface area (Å²) >= 11 is 18.3. The van der Waals surface area contributed by atoms with Crippen molar-refractivity contribution in [1.29, 1.82) is 0 Å². The normalized spacial score (nSPS) is 20.6. The van der Waals surface area contributed by atoms with E-state index in [4.69, 9.17) is 34.8 Å². The van der Waals surface area contributed by atoms with Gasteiger partial charge in [-0.15, -0.1) is 0 Å². The van der Waals surface area contributed by atoms with E-state index in [0.29, 0.717) is 59.8 Å². The summed E-state index contributed by atoms with van der Waals surface area (Å²) in [7, 11) is 0. The molecule has 4 rings (SSSR count). The molecule has 0 spiro atoms. The van der Waals surface area contributed by atoms with Crippen molar-refractivity contribution >= 4 is 58.3 Å². The first-order chi connectivity index (χ1) is 16.7. The van der Waals surface area contributed by atoms with Crippen LogP contribution in [0, 0.1) is 5.92 Å². The van der Waals surface area contributed by atoms with Crippen molar-refractivity contribution < 1.29 is 14.4 Å². The lowest BCUT2D eigenvalue weighted by atomic mass is 9.94. The van der Waals surface area contributed by atoms with Gasteiger partial charge in [0.1, 0.15) is 0 Å². The molecule has 4 amide bonds. The number of urea groups is 1. The number of hydrogen-bond donors (Lipinski definition) is 2. The number of carbonyl (C=O) groups is 3. The molecule has 0 aliphatic carbocycles. The summed E-state index contributed by atoms with van der Waals surface area (Å²) in [5, 5.41) is 7.30. The first-order valence-electron chi connectivity index (χ1n) is 11.5. The predicted molar refractivity (Wildman–Crippen MR) is 138 cm³/mol. The zero-order valence-electron chi connectivity index (χ0n) is 19.3. The second-order valence-electron chi connectivity index (χ2n) is 9.02. The Kier molecular flexibility index (Phi) is 8.09. The Morgan fingerprint density at radius 2 is 1.57 bits per heavy atom. The Balaban J connectivity index is 1.48. The summed E-state index contributed by atoms with van der Waals surface area (Å²) < 4.78 is 0. The zero-order valence-corrected chi connectivity index (χ0v) is 21.5. The summed E-state index contributed by atoms with van der Waals surface area (Å²) in [5.41, 5.74) is 1.51. The lowest BCUT2D eigenvalue weighted by Crippen LogP contribution is -2.45. The maximum Gasteiger partial charge on any atom is 0.319 e. The van der Waals surface area contributed by atoms with E-state index in [1.54, 1.807) is 48.2 Å². The average molecular weight is 538 g/mol. The van der Waals surface area contributed by atoms with Gasteiger partial charge in [0.05, 0.1) is 16.1 Å². The highest BCUT2D eigenvalue weighted by Crippen LogP contribution is 2.34. The smallest absolute Gasteiger partial charge is 0.319 e. The second kappa shape index (κ2) is 11.1. The summed E-state index contributed by atoms with van der Waals surface area (Å²) in [4.78, 5) is 41.4. The number of amides is 4. The highest BCUT2D eigenvalue weighted by Gasteiger charge is 2.40. The molecule has 186 valence electrons. The van der Waals surface area contributed by atoms with Gasteiger partial charge in [0, 0.05) is 55.6 Å². The number of rotatable bonds is 4. The van der Waals surface area contributed by atoms with E-state index < -0.39 is 0 Å². The number of nitrogens with one attached hydrogen (secondary N) is 2. The minimum atomic E-state index is -0.369. The number of benzene rings is 2. The molecule has 2 N–H and O–H groups in total. The van der Waals surface area contributed by atoms with E-state index in [2.05, 4.69) is 10.6 Å². The van der Waals surface area contributed by atoms with Crippen LogP contribution in [0.15, 0.2) is 42.5 Å². The third-order valence-electron chi connectivity index (χ3n) is 6.71. The number of piperidine rings is 1. The van der Waals surface area contributed by atoms with Gasteiger partial charge in [-0.1, -0.05) is 40.9 Å². The summed E-state index contributed by atoms with van der Waals surface area (Å²) in [6.45, 7) is 3.55. The van der Waals surface area contributed by atoms with Gasteiger partial charge in [0.25, 0.3) is 0 Å². The van der Waals surface area contributed by atoms with Gasteiger partial charge in [-0.05, 0) is 54.8 Å². The van der Waals surface area contributed by atoms with Crippen LogP contribution in [0.4, 0.5) is 10.5 Å². The lowest BCUT2D eigenvalue weighted by molar-refractivity contribution is -0.139. The lowest BCUT2D eigenvalue weighted by Gasteiger charge is -2.32. The monoisotopic (exact) mass is 536 g/mol. The fourth-order valence-corrected chi connectivity index (χ4v) is 5.21. The van der Waals surface area contributed by atoms with Crippen LogP contribution in [-0.2, 0) is 9.59 Å². The zero-order chi connectivity index (χ0) is 25.1. The van der Waals surface area contributed by atoms with Gasteiger partial charge >= 0.3 is 6.03 Å². The molecule has 0 bridgehead atoms. The van der Waals surface area contributed by atoms with Gasteiger partial charge in [-0.3, -0.25) is 9.59 Å². The van der Waals surface area contributed by atoms with Crippen molar-refractivity contribution in [2.24, 2.45) is 5.92 Å². The van der Waals surface area contributed by atoms with E-state index in [0.717, 1.165) is 5.56 Å². The minimum absolute atomic E-state index is 0.0349. The van der Waals surface area contributed by atoms with Crippen LogP contribution < -0.4 is 10.6 Å². The molecular formula is C25H27Cl3N4O3. The van der Waals surface area contributed by atoms with Crippen molar-refractivity contribution in [2.45, 2.75) is 31.7 Å². The highest BCUT2D eigenvalue weighted by molar-refractivity contribution is 6.42. The molecule has 7 nitrogen and oxygen atoms in total. The van der Waals surface area contributed by atoms with Crippen molar-refractivity contribution in [2.75, 3.05) is 31.5 Å². The molecule has 2 heterocycles. The van der Waals surface area contributed by atoms with Gasteiger partial charge in [0.15, 0.2) is 0 Å². The third-order valence-corrected chi connectivity index (χ3v) is 7.70. The first kappa shape index (κ1) is 25.6. The summed E-state index contributed by atoms with van der Waals surface area (Å²) in [5.74, 6) is -0.197. The van der Waals surface area contributed by atoms with Crippen LogP contribution in [-0.4, -0.2) is 59.9 Å². The Morgan fingerprint density at radius 3 is 2.20 bits per heavy atom. The largest absolute Gasteiger partial charge is 0.343 e. The molecule has 0 saturated carbocycles. The van der Waals surface area contributed by atoms with Gasteiger partial charge in [-0.25, -0.2) is 4.79 Å². The fraction of sp³-hybridized carbons (Fsp3) is 0.400. The Labute approximate surface area is 219 Å². The van der Waals surface area contributed by atoms with Crippen molar-refractivity contribution in [3.63, 3.8) is 0 Å². The van der Waals surface area contributed by atoms with Crippen LogP contribution in [0.2, 0.25) is 15.1 Å². The molecular weight excluding hydrogens is 511 g/mol. The maximum atomic E-state index is 13.4. The molecule has 2 saturated heterocycles. The summed E-state index contributed by atoms with van der Waals surface area (Å²) in [6, 6.07) is 11.5. The van der Waals surface area contributed by atoms with Crippen molar-refractivity contribution in [1.82, 2.24) is 15.1 Å². The molecule has 2 fully saturated rings. The average Bonchev–Trinajstić information content (AvgIpc) is 3.25. The van der Waals surface area contributed by atoms with E-state index in [1.807, 2.05) is 11.0 Å². The van der Waals surface area contributed by atoms with Crippen LogP contribution in [0.5, 0.6) is 0 Å². The molecule has 2 aliphatic heterocycles. The quantitative estimate of drug-likeness (QED) is 0.574. The number of carbonyl (C=O) groups excluding carboxylic acids is 3.